The number of rotatable bonds is 7. The normalized spacial score (nSPS) is 15.7. The highest BCUT2D eigenvalue weighted by Crippen LogP contribution is 2.27. The van der Waals surface area contributed by atoms with Crippen molar-refractivity contribution < 1.29 is 14.3 Å². The molecule has 4 nitrogen and oxygen atoms in total. The first-order valence-electron chi connectivity index (χ1n) is 9.13. The molecule has 142 valence electrons. The van der Waals surface area contributed by atoms with Gasteiger partial charge in [-0.2, -0.15) is 0 Å². The van der Waals surface area contributed by atoms with E-state index >= 15 is 0 Å². The number of esters is 1. The van der Waals surface area contributed by atoms with E-state index in [1.807, 2.05) is 6.92 Å². The Labute approximate surface area is 158 Å². The predicted molar refractivity (Wildman–Crippen MR) is 104 cm³/mol. The van der Waals surface area contributed by atoms with Crippen LogP contribution in [0.2, 0.25) is 0 Å². The number of hydrogen-bond donors (Lipinski definition) is 0. The summed E-state index contributed by atoms with van der Waals surface area (Å²) in [6.07, 6.45) is 1.78. The van der Waals surface area contributed by atoms with Gasteiger partial charge in [-0.15, -0.1) is 12.4 Å². The van der Waals surface area contributed by atoms with Crippen LogP contribution in [0.15, 0.2) is 18.2 Å². The van der Waals surface area contributed by atoms with Crippen LogP contribution in [0, 0.1) is 12.8 Å². The Morgan fingerprint density at radius 3 is 2.56 bits per heavy atom. The summed E-state index contributed by atoms with van der Waals surface area (Å²) in [5.74, 6) is 1.51. The van der Waals surface area contributed by atoms with Crippen molar-refractivity contribution in [2.45, 2.75) is 46.5 Å². The second kappa shape index (κ2) is 10.7. The molecule has 1 saturated heterocycles. The van der Waals surface area contributed by atoms with E-state index in [0.717, 1.165) is 38.2 Å². The van der Waals surface area contributed by atoms with Gasteiger partial charge in [0.1, 0.15) is 12.4 Å². The van der Waals surface area contributed by atoms with Crippen LogP contribution in [-0.2, 0) is 9.53 Å². The summed E-state index contributed by atoms with van der Waals surface area (Å²) >= 11 is 0. The molecule has 0 aromatic heterocycles. The van der Waals surface area contributed by atoms with Gasteiger partial charge >= 0.3 is 5.97 Å². The molecule has 5 heteroatoms. The zero-order valence-corrected chi connectivity index (χ0v) is 16.7. The van der Waals surface area contributed by atoms with Gasteiger partial charge in [-0.1, -0.05) is 26.0 Å². The average molecular weight is 370 g/mol. The van der Waals surface area contributed by atoms with Crippen LogP contribution in [0.4, 0.5) is 0 Å². The Hall–Kier alpha value is -1.26. The average Bonchev–Trinajstić information content (AvgIpc) is 2.55. The fraction of sp³-hybridized carbons (Fsp3) is 0.650. The number of carbonyl (C=O) groups excluding carboxylic acids is 1. The van der Waals surface area contributed by atoms with Gasteiger partial charge in [-0.05, 0) is 62.9 Å². The van der Waals surface area contributed by atoms with Crippen molar-refractivity contribution in [2.75, 3.05) is 32.8 Å². The summed E-state index contributed by atoms with van der Waals surface area (Å²) in [5.41, 5.74) is 2.49. The van der Waals surface area contributed by atoms with E-state index in [0.29, 0.717) is 19.1 Å². The molecule has 0 bridgehead atoms. The van der Waals surface area contributed by atoms with Crippen molar-refractivity contribution in [2.24, 2.45) is 5.92 Å². The monoisotopic (exact) mass is 369 g/mol. The Morgan fingerprint density at radius 1 is 1.28 bits per heavy atom. The van der Waals surface area contributed by atoms with Gasteiger partial charge in [0.25, 0.3) is 0 Å². The van der Waals surface area contributed by atoms with Gasteiger partial charge < -0.3 is 9.47 Å². The number of aryl methyl sites for hydroxylation is 1. The lowest BCUT2D eigenvalue weighted by Crippen LogP contribution is -2.39. The Balaban J connectivity index is 0.00000312. The standard InChI is InChI=1S/C20H31NO3.ClH/c1-5-23-20(22)17-8-10-21(11-9-17)12-13-24-19-14-16(4)6-7-18(19)15(2)3;/h6-7,14-15,17H,5,8-13H2,1-4H3;1H. The van der Waals surface area contributed by atoms with E-state index in [-0.39, 0.29) is 24.3 Å². The summed E-state index contributed by atoms with van der Waals surface area (Å²) in [4.78, 5) is 14.1. The molecule has 0 radical (unpaired) electrons. The molecule has 0 spiro atoms. The smallest absolute Gasteiger partial charge is 0.309 e. The van der Waals surface area contributed by atoms with E-state index in [4.69, 9.17) is 9.47 Å². The lowest BCUT2D eigenvalue weighted by Gasteiger charge is -2.30. The molecule has 1 fully saturated rings. The lowest BCUT2D eigenvalue weighted by molar-refractivity contribution is -0.149. The fourth-order valence-corrected chi connectivity index (χ4v) is 3.18. The molecule has 1 heterocycles. The summed E-state index contributed by atoms with van der Waals surface area (Å²) in [6.45, 7) is 12.3. The maximum Gasteiger partial charge on any atom is 0.309 e. The van der Waals surface area contributed by atoms with Crippen LogP contribution < -0.4 is 4.74 Å². The second-order valence-corrected chi connectivity index (χ2v) is 6.91. The molecule has 0 atom stereocenters. The summed E-state index contributed by atoms with van der Waals surface area (Å²) in [6, 6.07) is 6.44. The van der Waals surface area contributed by atoms with E-state index in [2.05, 4.69) is 43.9 Å². The van der Waals surface area contributed by atoms with Crippen LogP contribution >= 0.6 is 12.4 Å². The number of piperidine rings is 1. The molecule has 0 unspecified atom stereocenters. The molecule has 0 amide bonds. The van der Waals surface area contributed by atoms with Gasteiger partial charge in [0.2, 0.25) is 0 Å². The van der Waals surface area contributed by atoms with Crippen molar-refractivity contribution in [3.63, 3.8) is 0 Å². The summed E-state index contributed by atoms with van der Waals surface area (Å²) in [7, 11) is 0. The quantitative estimate of drug-likeness (QED) is 0.675. The molecule has 1 aromatic carbocycles. The molecule has 25 heavy (non-hydrogen) atoms. The first kappa shape index (κ1) is 21.8. The Morgan fingerprint density at radius 2 is 1.96 bits per heavy atom. The maximum absolute atomic E-state index is 11.8. The molecule has 1 aliphatic rings. The van der Waals surface area contributed by atoms with Gasteiger partial charge in [0.05, 0.1) is 12.5 Å². The largest absolute Gasteiger partial charge is 0.492 e. The van der Waals surface area contributed by atoms with Crippen LogP contribution in [0.1, 0.15) is 50.7 Å². The molecular weight excluding hydrogens is 338 g/mol. The minimum absolute atomic E-state index is 0. The molecule has 2 rings (SSSR count). The number of hydrogen-bond acceptors (Lipinski definition) is 4. The number of benzene rings is 1. The summed E-state index contributed by atoms with van der Waals surface area (Å²) < 4.78 is 11.2. The zero-order chi connectivity index (χ0) is 17.5. The highest BCUT2D eigenvalue weighted by Gasteiger charge is 2.25. The summed E-state index contributed by atoms with van der Waals surface area (Å²) in [5, 5.41) is 0. The highest BCUT2D eigenvalue weighted by molar-refractivity contribution is 5.85. The minimum atomic E-state index is -0.0327. The number of halogens is 1. The van der Waals surface area contributed by atoms with Crippen molar-refractivity contribution in [3.8, 4) is 5.75 Å². The zero-order valence-electron chi connectivity index (χ0n) is 15.9. The fourth-order valence-electron chi connectivity index (χ4n) is 3.18. The maximum atomic E-state index is 11.8. The molecule has 0 N–H and O–H groups in total. The van der Waals surface area contributed by atoms with Crippen molar-refractivity contribution in [1.82, 2.24) is 4.90 Å². The number of ether oxygens (including phenoxy) is 2. The second-order valence-electron chi connectivity index (χ2n) is 6.91. The topological polar surface area (TPSA) is 38.8 Å². The van der Waals surface area contributed by atoms with Crippen LogP contribution in [-0.4, -0.2) is 43.7 Å². The van der Waals surface area contributed by atoms with Gasteiger partial charge in [-0.3, -0.25) is 9.69 Å². The third-order valence-corrected chi connectivity index (χ3v) is 4.66. The molecular formula is C20H32ClNO3. The van der Waals surface area contributed by atoms with Crippen molar-refractivity contribution in [1.29, 1.82) is 0 Å². The Bertz CT molecular complexity index is 540. The van der Waals surface area contributed by atoms with Crippen LogP contribution in [0.25, 0.3) is 0 Å². The van der Waals surface area contributed by atoms with Crippen LogP contribution in [0.3, 0.4) is 0 Å². The lowest BCUT2D eigenvalue weighted by atomic mass is 9.97. The Kier molecular flexibility index (Phi) is 9.30. The first-order valence-corrected chi connectivity index (χ1v) is 9.13. The number of nitrogens with zero attached hydrogens (tertiary/aromatic N) is 1. The number of carbonyl (C=O) groups is 1. The van der Waals surface area contributed by atoms with E-state index in [1.54, 1.807) is 0 Å². The highest BCUT2D eigenvalue weighted by atomic mass is 35.5. The first-order chi connectivity index (χ1) is 11.5. The van der Waals surface area contributed by atoms with Crippen molar-refractivity contribution >= 4 is 18.4 Å². The third kappa shape index (κ3) is 6.52. The van der Waals surface area contributed by atoms with Gasteiger partial charge in [0, 0.05) is 6.54 Å². The van der Waals surface area contributed by atoms with Crippen LogP contribution in [0.5, 0.6) is 5.75 Å². The van der Waals surface area contributed by atoms with E-state index in [1.165, 1.54) is 11.1 Å². The SMILES string of the molecule is CCOC(=O)C1CCN(CCOc2cc(C)ccc2C(C)C)CC1.Cl. The molecule has 1 aliphatic heterocycles. The van der Waals surface area contributed by atoms with Gasteiger partial charge in [0.15, 0.2) is 0 Å². The van der Waals surface area contributed by atoms with Crippen molar-refractivity contribution in [3.05, 3.63) is 29.3 Å². The van der Waals surface area contributed by atoms with Gasteiger partial charge in [-0.25, -0.2) is 0 Å². The third-order valence-electron chi connectivity index (χ3n) is 4.66. The van der Waals surface area contributed by atoms with E-state index in [9.17, 15) is 4.79 Å². The van der Waals surface area contributed by atoms with E-state index < -0.39 is 0 Å². The molecule has 0 aliphatic carbocycles. The number of likely N-dealkylation sites (tertiary alicyclic amines) is 1. The minimum Gasteiger partial charge on any atom is -0.492 e. The predicted octanol–water partition coefficient (Wildman–Crippen LogP) is 4.19. The molecule has 0 saturated carbocycles. The molecule has 1 aromatic rings.